The van der Waals surface area contributed by atoms with E-state index in [9.17, 15) is 4.79 Å². The minimum atomic E-state index is -0.284. The van der Waals surface area contributed by atoms with E-state index < -0.39 is 0 Å². The summed E-state index contributed by atoms with van der Waals surface area (Å²) in [6.45, 7) is 6.69. The van der Waals surface area contributed by atoms with Gasteiger partial charge in [-0.2, -0.15) is 0 Å². The topological polar surface area (TPSA) is 59.6 Å². The van der Waals surface area contributed by atoms with Crippen LogP contribution in [0, 0.1) is 0 Å². The second kappa shape index (κ2) is 7.59. The molecule has 23 heavy (non-hydrogen) atoms. The summed E-state index contributed by atoms with van der Waals surface area (Å²) >= 11 is 1.61. The molecule has 2 aromatic rings. The molecule has 0 aliphatic heterocycles. The van der Waals surface area contributed by atoms with Crippen LogP contribution in [0.2, 0.25) is 0 Å². The van der Waals surface area contributed by atoms with Gasteiger partial charge in [-0.3, -0.25) is 0 Å². The molecule has 0 spiro atoms. The van der Waals surface area contributed by atoms with Crippen LogP contribution in [0.4, 0.5) is 16.2 Å². The standard InChI is InChI=1S/C17H22N2O3S/c1-17(2,3)15-10-13(14(23-15)11-22-21-4)19-16(20)18-12-8-6-5-7-9-12/h5-10H,11H2,1-4H3,(H2,18,19,20). The number of benzene rings is 1. The van der Waals surface area contributed by atoms with Gasteiger partial charge in [-0.05, 0) is 23.6 Å². The first-order valence-corrected chi connectivity index (χ1v) is 8.13. The lowest BCUT2D eigenvalue weighted by molar-refractivity contribution is -0.281. The van der Waals surface area contributed by atoms with Gasteiger partial charge >= 0.3 is 6.03 Å². The van der Waals surface area contributed by atoms with Crippen molar-refractivity contribution in [2.24, 2.45) is 0 Å². The minimum Gasteiger partial charge on any atom is -0.308 e. The first-order chi connectivity index (χ1) is 10.9. The predicted octanol–water partition coefficient (Wildman–Crippen LogP) is 4.77. The average molecular weight is 334 g/mol. The van der Waals surface area contributed by atoms with E-state index in [4.69, 9.17) is 4.89 Å². The van der Waals surface area contributed by atoms with Crippen LogP contribution in [0.25, 0.3) is 0 Å². The Labute approximate surface area is 140 Å². The van der Waals surface area contributed by atoms with E-state index in [0.717, 1.165) is 16.3 Å². The van der Waals surface area contributed by atoms with Crippen molar-refractivity contribution in [3.05, 3.63) is 46.2 Å². The Bertz CT molecular complexity index is 648. The van der Waals surface area contributed by atoms with Crippen molar-refractivity contribution in [1.29, 1.82) is 0 Å². The summed E-state index contributed by atoms with van der Waals surface area (Å²) in [6, 6.07) is 11.0. The Morgan fingerprint density at radius 3 is 2.48 bits per heavy atom. The van der Waals surface area contributed by atoms with Crippen LogP contribution in [0.15, 0.2) is 36.4 Å². The molecule has 2 N–H and O–H groups in total. The number of anilines is 2. The highest BCUT2D eigenvalue weighted by Gasteiger charge is 2.20. The molecule has 1 aromatic heterocycles. The first kappa shape index (κ1) is 17.5. The zero-order valence-corrected chi connectivity index (χ0v) is 14.6. The molecule has 0 unspecified atom stereocenters. The van der Waals surface area contributed by atoms with Gasteiger partial charge in [-0.25, -0.2) is 14.6 Å². The van der Waals surface area contributed by atoms with Gasteiger partial charge < -0.3 is 10.6 Å². The molecular weight excluding hydrogens is 312 g/mol. The molecule has 0 saturated heterocycles. The van der Waals surface area contributed by atoms with E-state index in [1.165, 1.54) is 12.0 Å². The normalized spacial score (nSPS) is 11.3. The third-order valence-electron chi connectivity index (χ3n) is 3.14. The maximum absolute atomic E-state index is 12.2. The van der Waals surface area contributed by atoms with Crippen LogP contribution in [0.3, 0.4) is 0 Å². The molecule has 0 aliphatic rings. The van der Waals surface area contributed by atoms with Crippen molar-refractivity contribution in [2.75, 3.05) is 17.7 Å². The van der Waals surface area contributed by atoms with Crippen molar-refractivity contribution in [3.8, 4) is 0 Å². The maximum atomic E-state index is 12.2. The molecule has 0 saturated carbocycles. The van der Waals surface area contributed by atoms with Crippen molar-refractivity contribution < 1.29 is 14.6 Å². The lowest BCUT2D eigenvalue weighted by Gasteiger charge is -2.15. The highest BCUT2D eigenvalue weighted by molar-refractivity contribution is 7.12. The van der Waals surface area contributed by atoms with E-state index >= 15 is 0 Å². The first-order valence-electron chi connectivity index (χ1n) is 7.32. The van der Waals surface area contributed by atoms with Gasteiger partial charge in [-0.1, -0.05) is 39.0 Å². The van der Waals surface area contributed by atoms with E-state index in [1.54, 1.807) is 11.3 Å². The van der Waals surface area contributed by atoms with Gasteiger partial charge in [0, 0.05) is 10.6 Å². The number of carbonyl (C=O) groups excluding carboxylic acids is 1. The monoisotopic (exact) mass is 334 g/mol. The van der Waals surface area contributed by atoms with E-state index in [-0.39, 0.29) is 18.1 Å². The van der Waals surface area contributed by atoms with E-state index in [2.05, 4.69) is 36.3 Å². The third kappa shape index (κ3) is 5.06. The largest absolute Gasteiger partial charge is 0.323 e. The molecule has 2 amide bonds. The zero-order valence-electron chi connectivity index (χ0n) is 13.8. The third-order valence-corrected chi connectivity index (χ3v) is 4.67. The van der Waals surface area contributed by atoms with Gasteiger partial charge in [0.1, 0.15) is 6.61 Å². The summed E-state index contributed by atoms with van der Waals surface area (Å²) in [5.41, 5.74) is 1.49. The maximum Gasteiger partial charge on any atom is 0.323 e. The van der Waals surface area contributed by atoms with E-state index in [1.807, 2.05) is 36.4 Å². The van der Waals surface area contributed by atoms with Crippen molar-refractivity contribution in [2.45, 2.75) is 32.8 Å². The fourth-order valence-corrected chi connectivity index (χ4v) is 3.01. The minimum absolute atomic E-state index is 0.00231. The lowest BCUT2D eigenvalue weighted by atomic mass is 9.94. The van der Waals surface area contributed by atoms with Crippen molar-refractivity contribution in [3.63, 3.8) is 0 Å². The molecular formula is C17H22N2O3S. The number of thiophene rings is 1. The summed E-state index contributed by atoms with van der Waals surface area (Å²) in [7, 11) is 1.47. The number of carbonyl (C=O) groups is 1. The molecule has 2 rings (SSSR count). The molecule has 0 bridgehead atoms. The Balaban J connectivity index is 2.13. The second-order valence-corrected chi connectivity index (χ2v) is 7.21. The summed E-state index contributed by atoms with van der Waals surface area (Å²) < 4.78 is 0. The Hall–Kier alpha value is -1.89. The van der Waals surface area contributed by atoms with E-state index in [0.29, 0.717) is 0 Å². The second-order valence-electron chi connectivity index (χ2n) is 6.07. The van der Waals surface area contributed by atoms with Gasteiger partial charge in [0.25, 0.3) is 0 Å². The molecule has 124 valence electrons. The van der Waals surface area contributed by atoms with Crippen molar-refractivity contribution >= 4 is 28.7 Å². The number of para-hydroxylation sites is 1. The molecule has 0 radical (unpaired) electrons. The lowest BCUT2D eigenvalue weighted by Crippen LogP contribution is -2.19. The fourth-order valence-electron chi connectivity index (χ4n) is 1.93. The quantitative estimate of drug-likeness (QED) is 0.612. The van der Waals surface area contributed by atoms with Gasteiger partial charge in [0.15, 0.2) is 0 Å². The van der Waals surface area contributed by atoms with Crippen LogP contribution >= 0.6 is 11.3 Å². The van der Waals surface area contributed by atoms with Gasteiger partial charge in [-0.15, -0.1) is 11.3 Å². The summed E-state index contributed by atoms with van der Waals surface area (Å²) in [6.07, 6.45) is 0. The number of hydrogen-bond acceptors (Lipinski definition) is 4. The Kier molecular flexibility index (Phi) is 5.76. The van der Waals surface area contributed by atoms with Crippen LogP contribution in [-0.2, 0) is 21.8 Å². The molecule has 6 heteroatoms. The fraction of sp³-hybridized carbons (Fsp3) is 0.353. The van der Waals surface area contributed by atoms with Gasteiger partial charge in [0.05, 0.1) is 17.7 Å². The highest BCUT2D eigenvalue weighted by Crippen LogP contribution is 2.36. The van der Waals surface area contributed by atoms with Crippen LogP contribution in [0.5, 0.6) is 0 Å². The molecule has 0 fully saturated rings. The van der Waals surface area contributed by atoms with Crippen molar-refractivity contribution in [1.82, 2.24) is 0 Å². The van der Waals surface area contributed by atoms with Gasteiger partial charge in [0.2, 0.25) is 0 Å². The number of urea groups is 1. The van der Waals surface area contributed by atoms with Crippen LogP contribution < -0.4 is 10.6 Å². The summed E-state index contributed by atoms with van der Waals surface area (Å²) in [4.78, 5) is 24.0. The average Bonchev–Trinajstić information content (AvgIpc) is 2.89. The number of rotatable bonds is 5. The number of nitrogens with one attached hydrogen (secondary N) is 2. The Morgan fingerprint density at radius 1 is 1.17 bits per heavy atom. The molecule has 5 nitrogen and oxygen atoms in total. The molecule has 0 aliphatic carbocycles. The highest BCUT2D eigenvalue weighted by atomic mass is 32.1. The molecule has 1 aromatic carbocycles. The number of amides is 2. The number of hydrogen-bond donors (Lipinski definition) is 2. The van der Waals surface area contributed by atoms with Crippen LogP contribution in [-0.4, -0.2) is 13.1 Å². The molecule has 0 atom stereocenters. The van der Waals surface area contributed by atoms with Crippen LogP contribution in [0.1, 0.15) is 30.5 Å². The summed E-state index contributed by atoms with van der Waals surface area (Å²) in [5, 5.41) is 5.69. The summed E-state index contributed by atoms with van der Waals surface area (Å²) in [5.74, 6) is 0. The molecule has 1 heterocycles. The predicted molar refractivity (Wildman–Crippen MR) is 93.9 cm³/mol. The zero-order chi connectivity index (χ0) is 16.9. The Morgan fingerprint density at radius 2 is 1.87 bits per heavy atom. The SMILES string of the molecule is COOCc1sc(C(C)(C)C)cc1NC(=O)Nc1ccccc1. The smallest absolute Gasteiger partial charge is 0.308 e.